The van der Waals surface area contributed by atoms with E-state index >= 15 is 0 Å². The second kappa shape index (κ2) is 8.93. The van der Waals surface area contributed by atoms with E-state index in [4.69, 9.17) is 16.3 Å². The van der Waals surface area contributed by atoms with Crippen LogP contribution in [0.1, 0.15) is 12.5 Å². The lowest BCUT2D eigenvalue weighted by molar-refractivity contribution is -0.119. The lowest BCUT2D eigenvalue weighted by Crippen LogP contribution is -2.18. The number of carbonyl (C=O) groups is 1. The first-order chi connectivity index (χ1) is 9.61. The summed E-state index contributed by atoms with van der Waals surface area (Å²) in [6.07, 6.45) is 1.60. The summed E-state index contributed by atoms with van der Waals surface area (Å²) < 4.78 is 4.87. The predicted octanol–water partition coefficient (Wildman–Crippen LogP) is 3.07. The molecule has 20 heavy (non-hydrogen) atoms. The van der Waals surface area contributed by atoms with Gasteiger partial charge in [0.25, 0.3) is 0 Å². The van der Waals surface area contributed by atoms with E-state index in [1.165, 1.54) is 6.92 Å². The first-order valence-corrected chi connectivity index (χ1v) is 6.43. The van der Waals surface area contributed by atoms with E-state index < -0.39 is 0 Å². The molecule has 0 spiro atoms. The Hall–Kier alpha value is -2.07. The molecule has 1 N–H and O–H groups in total. The molecule has 0 aliphatic rings. The van der Waals surface area contributed by atoms with Crippen LogP contribution >= 0.6 is 11.6 Å². The van der Waals surface area contributed by atoms with Crippen LogP contribution in [-0.2, 0) is 11.3 Å². The fraction of sp³-hybridized carbons (Fsp3) is 0.200. The van der Waals surface area contributed by atoms with Gasteiger partial charge in [0.2, 0.25) is 5.91 Å². The number of nitrogens with one attached hydrogen (secondary N) is 1. The number of rotatable bonds is 3. The minimum atomic E-state index is 0.00820. The highest BCUT2D eigenvalue weighted by Gasteiger charge is 1.91. The van der Waals surface area contributed by atoms with Crippen LogP contribution in [-0.4, -0.2) is 18.0 Å². The van der Waals surface area contributed by atoms with Crippen molar-refractivity contribution < 1.29 is 9.53 Å². The Morgan fingerprint density at radius 2 is 2.00 bits per heavy atom. The second-order valence-corrected chi connectivity index (χ2v) is 4.30. The molecule has 1 aromatic heterocycles. The smallest absolute Gasteiger partial charge is 0.217 e. The third-order valence-corrected chi connectivity index (χ3v) is 2.52. The Balaban J connectivity index is 0.000000204. The van der Waals surface area contributed by atoms with Gasteiger partial charge in [0.1, 0.15) is 10.9 Å². The third-order valence-electron chi connectivity index (χ3n) is 2.32. The standard InChI is InChI=1S/C9H11NO.C6H6ClNO/c1-8(11)10-7-9-5-3-2-4-6-9;1-9-5-2-3-8-6(7)4-5/h2-6H,7H2,1H3,(H,10,11);2-4H,1H3. The average molecular weight is 293 g/mol. The van der Waals surface area contributed by atoms with Crippen molar-refractivity contribution in [2.45, 2.75) is 13.5 Å². The third kappa shape index (κ3) is 6.75. The summed E-state index contributed by atoms with van der Waals surface area (Å²) in [6.45, 7) is 2.14. The molecule has 0 fully saturated rings. The number of aromatic nitrogens is 1. The lowest BCUT2D eigenvalue weighted by atomic mass is 10.2. The summed E-state index contributed by atoms with van der Waals surface area (Å²) in [4.78, 5) is 14.3. The number of nitrogens with zero attached hydrogens (tertiary/aromatic N) is 1. The van der Waals surface area contributed by atoms with Crippen molar-refractivity contribution in [3.05, 3.63) is 59.4 Å². The van der Waals surface area contributed by atoms with Gasteiger partial charge in [0.15, 0.2) is 0 Å². The molecular weight excluding hydrogens is 276 g/mol. The summed E-state index contributed by atoms with van der Waals surface area (Å²) in [5.74, 6) is 0.740. The van der Waals surface area contributed by atoms with Gasteiger partial charge in [-0.05, 0) is 11.6 Å². The number of pyridine rings is 1. The van der Waals surface area contributed by atoms with Gasteiger partial charge in [0.05, 0.1) is 7.11 Å². The van der Waals surface area contributed by atoms with Crippen LogP contribution in [0.3, 0.4) is 0 Å². The molecule has 0 saturated heterocycles. The molecule has 0 unspecified atom stereocenters. The molecule has 0 radical (unpaired) electrons. The van der Waals surface area contributed by atoms with Crippen LogP contribution in [0.4, 0.5) is 0 Å². The van der Waals surface area contributed by atoms with Crippen LogP contribution < -0.4 is 10.1 Å². The van der Waals surface area contributed by atoms with E-state index in [0.29, 0.717) is 11.7 Å². The van der Waals surface area contributed by atoms with Crippen molar-refractivity contribution in [1.82, 2.24) is 10.3 Å². The fourth-order valence-corrected chi connectivity index (χ4v) is 1.50. The van der Waals surface area contributed by atoms with Crippen molar-refractivity contribution in [3.63, 3.8) is 0 Å². The molecule has 0 aliphatic heterocycles. The molecule has 0 aliphatic carbocycles. The van der Waals surface area contributed by atoms with E-state index in [1.54, 1.807) is 25.4 Å². The quantitative estimate of drug-likeness (QED) is 0.885. The number of benzene rings is 1. The molecule has 2 aromatic rings. The lowest BCUT2D eigenvalue weighted by Gasteiger charge is -2.00. The zero-order valence-electron chi connectivity index (χ0n) is 11.5. The number of ether oxygens (including phenoxy) is 1. The Labute approximate surface area is 123 Å². The Bertz CT molecular complexity index is 532. The molecule has 2 rings (SSSR count). The Morgan fingerprint density at radius 1 is 1.30 bits per heavy atom. The summed E-state index contributed by atoms with van der Waals surface area (Å²) in [7, 11) is 1.59. The molecule has 0 bridgehead atoms. The van der Waals surface area contributed by atoms with Crippen molar-refractivity contribution in [1.29, 1.82) is 0 Å². The number of carbonyl (C=O) groups excluding carboxylic acids is 1. The van der Waals surface area contributed by atoms with E-state index in [9.17, 15) is 4.79 Å². The summed E-state index contributed by atoms with van der Waals surface area (Å²) in [5, 5.41) is 3.18. The van der Waals surface area contributed by atoms with Crippen LogP contribution in [0.15, 0.2) is 48.7 Å². The molecule has 0 saturated carbocycles. The second-order valence-electron chi connectivity index (χ2n) is 3.91. The maximum Gasteiger partial charge on any atom is 0.217 e. The Morgan fingerprint density at radius 3 is 2.50 bits per heavy atom. The maximum atomic E-state index is 10.5. The van der Waals surface area contributed by atoms with Gasteiger partial charge >= 0.3 is 0 Å². The topological polar surface area (TPSA) is 51.2 Å². The highest BCUT2D eigenvalue weighted by molar-refractivity contribution is 6.29. The number of amides is 1. The highest BCUT2D eigenvalue weighted by atomic mass is 35.5. The number of halogens is 1. The minimum absolute atomic E-state index is 0.00820. The van der Waals surface area contributed by atoms with E-state index in [0.717, 1.165) is 11.3 Å². The summed E-state index contributed by atoms with van der Waals surface area (Å²) in [6, 6.07) is 13.2. The monoisotopic (exact) mass is 292 g/mol. The van der Waals surface area contributed by atoms with Gasteiger partial charge in [-0.25, -0.2) is 4.98 Å². The van der Waals surface area contributed by atoms with Gasteiger partial charge in [-0.3, -0.25) is 4.79 Å². The molecule has 106 valence electrons. The zero-order chi connectivity index (χ0) is 14.8. The summed E-state index contributed by atoms with van der Waals surface area (Å²) in [5.41, 5.74) is 1.13. The first-order valence-electron chi connectivity index (χ1n) is 6.05. The molecule has 1 aromatic carbocycles. The number of hydrogen-bond donors (Lipinski definition) is 1. The van der Waals surface area contributed by atoms with Crippen LogP contribution in [0.2, 0.25) is 5.15 Å². The normalized spacial score (nSPS) is 9.15. The van der Waals surface area contributed by atoms with Crippen molar-refractivity contribution in [3.8, 4) is 5.75 Å². The number of hydrogen-bond acceptors (Lipinski definition) is 3. The van der Waals surface area contributed by atoms with Crippen LogP contribution in [0.25, 0.3) is 0 Å². The van der Waals surface area contributed by atoms with Crippen LogP contribution in [0.5, 0.6) is 5.75 Å². The van der Waals surface area contributed by atoms with E-state index in [-0.39, 0.29) is 5.91 Å². The van der Waals surface area contributed by atoms with Gasteiger partial charge in [0, 0.05) is 25.7 Å². The van der Waals surface area contributed by atoms with Crippen molar-refractivity contribution >= 4 is 17.5 Å². The molecule has 5 heteroatoms. The molecule has 1 amide bonds. The maximum absolute atomic E-state index is 10.5. The number of methoxy groups -OCH3 is 1. The molecule has 4 nitrogen and oxygen atoms in total. The van der Waals surface area contributed by atoms with Crippen LogP contribution in [0, 0.1) is 0 Å². The van der Waals surface area contributed by atoms with Gasteiger partial charge in [-0.15, -0.1) is 0 Å². The largest absolute Gasteiger partial charge is 0.497 e. The van der Waals surface area contributed by atoms with Crippen molar-refractivity contribution in [2.75, 3.05) is 7.11 Å². The van der Waals surface area contributed by atoms with Gasteiger partial charge in [-0.1, -0.05) is 41.9 Å². The average Bonchev–Trinajstić information content (AvgIpc) is 2.47. The Kier molecular flexibility index (Phi) is 7.14. The van der Waals surface area contributed by atoms with E-state index in [2.05, 4.69) is 10.3 Å². The SMILES string of the molecule is CC(=O)NCc1ccccc1.COc1ccnc(Cl)c1. The van der Waals surface area contributed by atoms with Gasteiger partial charge < -0.3 is 10.1 Å². The van der Waals surface area contributed by atoms with E-state index in [1.807, 2.05) is 30.3 Å². The predicted molar refractivity (Wildman–Crippen MR) is 79.8 cm³/mol. The van der Waals surface area contributed by atoms with Gasteiger partial charge in [-0.2, -0.15) is 0 Å². The first kappa shape index (κ1) is 16.0. The van der Waals surface area contributed by atoms with Crippen molar-refractivity contribution in [2.24, 2.45) is 0 Å². The minimum Gasteiger partial charge on any atom is -0.497 e. The zero-order valence-corrected chi connectivity index (χ0v) is 12.2. The fourth-order valence-electron chi connectivity index (χ4n) is 1.33. The molecular formula is C15H17ClN2O2. The summed E-state index contributed by atoms with van der Waals surface area (Å²) >= 11 is 5.53. The molecule has 1 heterocycles. The highest BCUT2D eigenvalue weighted by Crippen LogP contribution is 2.12. The molecule has 0 atom stereocenters.